The highest BCUT2D eigenvalue weighted by atomic mass is 79.9. The summed E-state index contributed by atoms with van der Waals surface area (Å²) in [5.74, 6) is -0.201. The van der Waals surface area contributed by atoms with Crippen LogP contribution < -0.4 is 5.73 Å². The van der Waals surface area contributed by atoms with Crippen molar-refractivity contribution in [2.75, 3.05) is 0 Å². The molecule has 0 aliphatic carbocycles. The number of nitrogens with two attached hydrogens (primary N) is 1. The standard InChI is InChI=1S/C11H13BrFN/c1-2-3-10(14)7-8-6-9(12)4-5-11(8)13/h2,4-6,10H,1,3,7,14H2. The Kier molecular flexibility index (Phi) is 4.29. The zero-order valence-corrected chi connectivity index (χ0v) is 9.43. The van der Waals surface area contributed by atoms with Gasteiger partial charge >= 0.3 is 0 Å². The van der Waals surface area contributed by atoms with Gasteiger partial charge in [0.15, 0.2) is 0 Å². The van der Waals surface area contributed by atoms with Gasteiger partial charge in [0.1, 0.15) is 5.82 Å². The monoisotopic (exact) mass is 257 g/mol. The van der Waals surface area contributed by atoms with Crippen LogP contribution in [0.4, 0.5) is 4.39 Å². The van der Waals surface area contributed by atoms with Crippen LogP contribution in [-0.4, -0.2) is 6.04 Å². The lowest BCUT2D eigenvalue weighted by Gasteiger charge is -2.09. The molecule has 14 heavy (non-hydrogen) atoms. The molecule has 0 bridgehead atoms. The highest BCUT2D eigenvalue weighted by molar-refractivity contribution is 9.10. The van der Waals surface area contributed by atoms with Crippen molar-refractivity contribution in [1.82, 2.24) is 0 Å². The molecule has 0 amide bonds. The molecule has 0 aliphatic rings. The Morgan fingerprint density at radius 1 is 1.57 bits per heavy atom. The number of benzene rings is 1. The Morgan fingerprint density at radius 2 is 2.29 bits per heavy atom. The van der Waals surface area contributed by atoms with Crippen LogP contribution in [0.2, 0.25) is 0 Å². The zero-order valence-electron chi connectivity index (χ0n) is 7.84. The van der Waals surface area contributed by atoms with Crippen LogP contribution in [-0.2, 0) is 6.42 Å². The summed E-state index contributed by atoms with van der Waals surface area (Å²) in [6, 6.07) is 4.83. The molecule has 3 heteroatoms. The number of halogens is 2. The van der Waals surface area contributed by atoms with Crippen molar-refractivity contribution in [1.29, 1.82) is 0 Å². The maximum absolute atomic E-state index is 13.3. The third-order valence-corrected chi connectivity index (χ3v) is 2.45. The quantitative estimate of drug-likeness (QED) is 0.825. The van der Waals surface area contributed by atoms with Crippen LogP contribution in [0.25, 0.3) is 0 Å². The van der Waals surface area contributed by atoms with E-state index in [0.717, 1.165) is 4.47 Å². The molecule has 0 spiro atoms. The molecule has 0 saturated carbocycles. The average molecular weight is 258 g/mol. The fraction of sp³-hybridized carbons (Fsp3) is 0.273. The first kappa shape index (κ1) is 11.4. The van der Waals surface area contributed by atoms with Crippen molar-refractivity contribution in [3.63, 3.8) is 0 Å². The van der Waals surface area contributed by atoms with E-state index in [0.29, 0.717) is 18.4 Å². The molecule has 1 rings (SSSR count). The third kappa shape index (κ3) is 3.24. The molecule has 1 unspecified atom stereocenters. The van der Waals surface area contributed by atoms with E-state index in [1.54, 1.807) is 18.2 Å². The summed E-state index contributed by atoms with van der Waals surface area (Å²) in [5, 5.41) is 0. The molecule has 1 aromatic carbocycles. The second-order valence-electron chi connectivity index (χ2n) is 3.22. The van der Waals surface area contributed by atoms with Gasteiger partial charge in [0.25, 0.3) is 0 Å². The maximum atomic E-state index is 13.3. The molecule has 0 aliphatic heterocycles. The van der Waals surface area contributed by atoms with E-state index in [1.807, 2.05) is 0 Å². The van der Waals surface area contributed by atoms with Crippen molar-refractivity contribution in [3.8, 4) is 0 Å². The number of rotatable bonds is 4. The van der Waals surface area contributed by atoms with E-state index in [-0.39, 0.29) is 11.9 Å². The van der Waals surface area contributed by atoms with Gasteiger partial charge in [0.05, 0.1) is 0 Å². The van der Waals surface area contributed by atoms with E-state index in [9.17, 15) is 4.39 Å². The summed E-state index contributed by atoms with van der Waals surface area (Å²) >= 11 is 3.30. The van der Waals surface area contributed by atoms with Crippen molar-refractivity contribution >= 4 is 15.9 Å². The fourth-order valence-corrected chi connectivity index (χ4v) is 1.69. The molecule has 0 aromatic heterocycles. The molecule has 1 aromatic rings. The van der Waals surface area contributed by atoms with E-state index < -0.39 is 0 Å². The predicted octanol–water partition coefficient (Wildman–Crippen LogP) is 3.03. The van der Waals surface area contributed by atoms with Gasteiger partial charge in [0.2, 0.25) is 0 Å². The Morgan fingerprint density at radius 3 is 2.93 bits per heavy atom. The molecule has 1 atom stereocenters. The molecule has 1 nitrogen and oxygen atoms in total. The fourth-order valence-electron chi connectivity index (χ4n) is 1.28. The van der Waals surface area contributed by atoms with E-state index in [2.05, 4.69) is 22.5 Å². The highest BCUT2D eigenvalue weighted by Gasteiger charge is 2.07. The van der Waals surface area contributed by atoms with Gasteiger partial charge in [-0.1, -0.05) is 22.0 Å². The van der Waals surface area contributed by atoms with Gasteiger partial charge in [0, 0.05) is 10.5 Å². The lowest BCUT2D eigenvalue weighted by Crippen LogP contribution is -2.22. The molecule has 0 fully saturated rings. The van der Waals surface area contributed by atoms with Gasteiger partial charge in [-0.2, -0.15) is 0 Å². The van der Waals surface area contributed by atoms with E-state index in [4.69, 9.17) is 5.73 Å². The second-order valence-corrected chi connectivity index (χ2v) is 4.14. The SMILES string of the molecule is C=CCC(N)Cc1cc(Br)ccc1F. The molecule has 0 heterocycles. The lowest BCUT2D eigenvalue weighted by molar-refractivity contribution is 0.586. The van der Waals surface area contributed by atoms with Crippen LogP contribution in [0, 0.1) is 5.82 Å². The summed E-state index contributed by atoms with van der Waals surface area (Å²) in [5.41, 5.74) is 6.43. The highest BCUT2D eigenvalue weighted by Crippen LogP contribution is 2.17. The van der Waals surface area contributed by atoms with Gasteiger partial charge in [-0.25, -0.2) is 4.39 Å². The van der Waals surface area contributed by atoms with Crippen molar-refractivity contribution in [3.05, 3.63) is 46.7 Å². The number of hydrogen-bond donors (Lipinski definition) is 1. The zero-order chi connectivity index (χ0) is 10.6. The Bertz CT molecular complexity index is 325. The smallest absolute Gasteiger partial charge is 0.126 e. The van der Waals surface area contributed by atoms with Crippen LogP contribution in [0.5, 0.6) is 0 Å². The van der Waals surface area contributed by atoms with E-state index >= 15 is 0 Å². The molecule has 0 saturated heterocycles. The molecule has 2 N–H and O–H groups in total. The molecular weight excluding hydrogens is 245 g/mol. The summed E-state index contributed by atoms with van der Waals surface area (Å²) in [7, 11) is 0. The lowest BCUT2D eigenvalue weighted by atomic mass is 10.0. The van der Waals surface area contributed by atoms with Gasteiger partial charge in [-0.15, -0.1) is 6.58 Å². The Labute approximate surface area is 91.9 Å². The second kappa shape index (κ2) is 5.27. The van der Waals surface area contributed by atoms with Gasteiger partial charge < -0.3 is 5.73 Å². The minimum Gasteiger partial charge on any atom is -0.327 e. The van der Waals surface area contributed by atoms with Crippen LogP contribution in [0.15, 0.2) is 35.3 Å². The number of hydrogen-bond acceptors (Lipinski definition) is 1. The average Bonchev–Trinajstić information content (AvgIpc) is 2.12. The Hall–Kier alpha value is -0.670. The first-order chi connectivity index (χ1) is 6.63. The molecule has 0 radical (unpaired) electrons. The largest absolute Gasteiger partial charge is 0.327 e. The van der Waals surface area contributed by atoms with Crippen LogP contribution >= 0.6 is 15.9 Å². The third-order valence-electron chi connectivity index (χ3n) is 1.96. The van der Waals surface area contributed by atoms with Crippen LogP contribution in [0.1, 0.15) is 12.0 Å². The maximum Gasteiger partial charge on any atom is 0.126 e. The normalized spacial score (nSPS) is 12.5. The molecule has 76 valence electrons. The first-order valence-electron chi connectivity index (χ1n) is 4.44. The van der Waals surface area contributed by atoms with Gasteiger partial charge in [-0.3, -0.25) is 0 Å². The Balaban J connectivity index is 2.74. The summed E-state index contributed by atoms with van der Waals surface area (Å²) in [4.78, 5) is 0. The van der Waals surface area contributed by atoms with Crippen LogP contribution in [0.3, 0.4) is 0 Å². The van der Waals surface area contributed by atoms with Crippen molar-refractivity contribution in [2.45, 2.75) is 18.9 Å². The topological polar surface area (TPSA) is 26.0 Å². The first-order valence-corrected chi connectivity index (χ1v) is 5.23. The minimum absolute atomic E-state index is 0.0590. The summed E-state index contributed by atoms with van der Waals surface area (Å²) in [6.07, 6.45) is 2.99. The minimum atomic E-state index is -0.201. The summed E-state index contributed by atoms with van der Waals surface area (Å²) in [6.45, 7) is 3.60. The summed E-state index contributed by atoms with van der Waals surface area (Å²) < 4.78 is 14.1. The van der Waals surface area contributed by atoms with Crippen molar-refractivity contribution in [2.24, 2.45) is 5.73 Å². The van der Waals surface area contributed by atoms with Gasteiger partial charge in [-0.05, 0) is 36.6 Å². The van der Waals surface area contributed by atoms with Crippen molar-refractivity contribution < 1.29 is 4.39 Å². The molecular formula is C11H13BrFN. The van der Waals surface area contributed by atoms with E-state index in [1.165, 1.54) is 6.07 Å². The predicted molar refractivity (Wildman–Crippen MR) is 60.6 cm³/mol.